The fraction of sp³-hybridized carbons (Fsp3) is 0.167. The lowest BCUT2D eigenvalue weighted by molar-refractivity contribution is 0.535. The first-order chi connectivity index (χ1) is 10.0. The minimum absolute atomic E-state index is 0.374. The summed E-state index contributed by atoms with van der Waals surface area (Å²) in [5.41, 5.74) is 0.800. The van der Waals surface area contributed by atoms with E-state index in [-0.39, 0.29) is 0 Å². The normalized spacial score (nSPS) is 11.0. The first-order valence-corrected chi connectivity index (χ1v) is 7.18. The predicted octanol–water partition coefficient (Wildman–Crippen LogP) is 2.46. The molecule has 0 aliphatic rings. The van der Waals surface area contributed by atoms with E-state index in [0.717, 1.165) is 11.3 Å². The zero-order valence-corrected chi connectivity index (χ0v) is 12.8. The van der Waals surface area contributed by atoms with Crippen LogP contribution in [0.15, 0.2) is 33.0 Å². The van der Waals surface area contributed by atoms with Crippen LogP contribution in [0.5, 0.6) is 0 Å². The van der Waals surface area contributed by atoms with E-state index in [1.807, 2.05) is 6.92 Å². The van der Waals surface area contributed by atoms with Gasteiger partial charge in [-0.3, -0.25) is 0 Å². The van der Waals surface area contributed by atoms with Crippen LogP contribution in [-0.4, -0.2) is 24.8 Å². The van der Waals surface area contributed by atoms with Gasteiger partial charge in [0.1, 0.15) is 21.8 Å². The first kappa shape index (κ1) is 13.9. The van der Waals surface area contributed by atoms with Gasteiger partial charge in [-0.2, -0.15) is 0 Å². The quantitative estimate of drug-likeness (QED) is 0.584. The number of nitrogen functional groups attached to an aromatic ring is 1. The Balaban J connectivity index is 1.94. The van der Waals surface area contributed by atoms with Gasteiger partial charge in [0.05, 0.1) is 11.8 Å². The van der Waals surface area contributed by atoms with Crippen LogP contribution in [0, 0.1) is 13.8 Å². The Bertz CT molecular complexity index is 779. The summed E-state index contributed by atoms with van der Waals surface area (Å²) >= 11 is 7.18. The number of halogens is 1. The second kappa shape index (κ2) is 5.38. The third kappa shape index (κ3) is 2.72. The number of furan rings is 1. The molecule has 108 valence electrons. The summed E-state index contributed by atoms with van der Waals surface area (Å²) in [5.74, 6) is 7.88. The molecule has 2 N–H and O–H groups in total. The van der Waals surface area contributed by atoms with E-state index >= 15 is 0 Å². The minimum atomic E-state index is 0.374. The van der Waals surface area contributed by atoms with Gasteiger partial charge in [-0.25, -0.2) is 14.6 Å². The summed E-state index contributed by atoms with van der Waals surface area (Å²) in [5, 5.41) is 9.69. The van der Waals surface area contributed by atoms with Crippen molar-refractivity contribution in [1.82, 2.24) is 24.8 Å². The molecule has 21 heavy (non-hydrogen) atoms. The van der Waals surface area contributed by atoms with Gasteiger partial charge in [0.2, 0.25) is 5.16 Å². The Morgan fingerprint density at radius 1 is 1.29 bits per heavy atom. The number of rotatable bonds is 3. The highest BCUT2D eigenvalue weighted by Crippen LogP contribution is 2.29. The Morgan fingerprint density at radius 2 is 2.10 bits per heavy atom. The minimum Gasteiger partial charge on any atom is -0.469 e. The Labute approximate surface area is 129 Å². The van der Waals surface area contributed by atoms with E-state index in [0.29, 0.717) is 27.0 Å². The molecule has 0 atom stereocenters. The lowest BCUT2D eigenvalue weighted by atomic mass is 10.2. The van der Waals surface area contributed by atoms with Crippen molar-refractivity contribution < 1.29 is 4.42 Å². The van der Waals surface area contributed by atoms with Crippen LogP contribution in [-0.2, 0) is 0 Å². The molecule has 7 nitrogen and oxygen atoms in total. The summed E-state index contributed by atoms with van der Waals surface area (Å²) in [4.78, 5) is 8.28. The molecule has 3 heterocycles. The Kier molecular flexibility index (Phi) is 3.56. The van der Waals surface area contributed by atoms with Crippen molar-refractivity contribution in [2.24, 2.45) is 0 Å². The van der Waals surface area contributed by atoms with Gasteiger partial charge in [-0.15, -0.1) is 10.2 Å². The van der Waals surface area contributed by atoms with Crippen LogP contribution in [0.1, 0.15) is 11.6 Å². The van der Waals surface area contributed by atoms with Crippen LogP contribution in [0.4, 0.5) is 0 Å². The number of nitrogens with zero attached hydrogens (tertiary/aromatic N) is 5. The smallest absolute Gasteiger partial charge is 0.216 e. The molecule has 0 radical (unpaired) electrons. The van der Waals surface area contributed by atoms with Gasteiger partial charge in [0.25, 0.3) is 0 Å². The number of hydrogen-bond donors (Lipinski definition) is 1. The summed E-state index contributed by atoms with van der Waals surface area (Å²) in [6.07, 6.45) is 1.58. The van der Waals surface area contributed by atoms with Crippen molar-refractivity contribution in [3.05, 3.63) is 35.1 Å². The monoisotopic (exact) mass is 322 g/mol. The maximum atomic E-state index is 6.04. The summed E-state index contributed by atoms with van der Waals surface area (Å²) in [6, 6.07) is 3.44. The standard InChI is InChI=1S/C12H11ClN6OS/c1-6-8(3-4-20-6)11-17-18-12(19(11)14)21-10-5-9(13)15-7(2)16-10/h3-5H,14H2,1-2H3. The molecular weight excluding hydrogens is 312 g/mol. The lowest BCUT2D eigenvalue weighted by Crippen LogP contribution is -2.11. The van der Waals surface area contributed by atoms with E-state index < -0.39 is 0 Å². The van der Waals surface area contributed by atoms with E-state index in [1.54, 1.807) is 25.3 Å². The third-order valence-corrected chi connectivity index (χ3v) is 3.82. The van der Waals surface area contributed by atoms with Gasteiger partial charge < -0.3 is 10.3 Å². The molecule has 0 unspecified atom stereocenters. The van der Waals surface area contributed by atoms with Gasteiger partial charge in [-0.1, -0.05) is 11.6 Å². The van der Waals surface area contributed by atoms with Crippen LogP contribution in [0.25, 0.3) is 11.4 Å². The van der Waals surface area contributed by atoms with Crippen LogP contribution >= 0.6 is 23.4 Å². The molecule has 0 bridgehead atoms. The number of aromatic nitrogens is 5. The highest BCUT2D eigenvalue weighted by Gasteiger charge is 2.16. The Morgan fingerprint density at radius 3 is 2.76 bits per heavy atom. The molecule has 0 aliphatic heterocycles. The average Bonchev–Trinajstić information content (AvgIpc) is 2.96. The molecular formula is C12H11ClN6OS. The third-order valence-electron chi connectivity index (χ3n) is 2.74. The summed E-state index contributed by atoms with van der Waals surface area (Å²) < 4.78 is 6.65. The van der Waals surface area contributed by atoms with E-state index in [9.17, 15) is 0 Å². The van der Waals surface area contributed by atoms with E-state index in [4.69, 9.17) is 21.9 Å². The molecule has 0 aliphatic carbocycles. The van der Waals surface area contributed by atoms with Crippen LogP contribution in [0.2, 0.25) is 5.15 Å². The largest absolute Gasteiger partial charge is 0.469 e. The lowest BCUT2D eigenvalue weighted by Gasteiger charge is -2.03. The molecule has 0 saturated heterocycles. The van der Waals surface area contributed by atoms with Crippen LogP contribution in [0.3, 0.4) is 0 Å². The van der Waals surface area contributed by atoms with Gasteiger partial charge in [-0.05, 0) is 31.7 Å². The molecule has 0 amide bonds. The molecule has 3 rings (SSSR count). The fourth-order valence-corrected chi connectivity index (χ4v) is 2.89. The molecule has 3 aromatic heterocycles. The maximum Gasteiger partial charge on any atom is 0.216 e. The van der Waals surface area contributed by atoms with E-state index in [1.165, 1.54) is 16.4 Å². The maximum absolute atomic E-state index is 6.04. The van der Waals surface area contributed by atoms with Crippen molar-refractivity contribution in [2.75, 3.05) is 5.84 Å². The first-order valence-electron chi connectivity index (χ1n) is 5.98. The van der Waals surface area contributed by atoms with Gasteiger partial charge in [0, 0.05) is 6.07 Å². The van der Waals surface area contributed by atoms with Gasteiger partial charge >= 0.3 is 0 Å². The van der Waals surface area contributed by atoms with Crippen LogP contribution < -0.4 is 5.84 Å². The second-order valence-electron chi connectivity index (χ2n) is 4.24. The molecule has 9 heteroatoms. The molecule has 0 spiro atoms. The van der Waals surface area contributed by atoms with Crippen molar-refractivity contribution in [3.63, 3.8) is 0 Å². The Hall–Kier alpha value is -2.06. The fourth-order valence-electron chi connectivity index (χ4n) is 1.80. The number of aryl methyl sites for hydroxylation is 2. The van der Waals surface area contributed by atoms with Crippen molar-refractivity contribution in [3.8, 4) is 11.4 Å². The zero-order chi connectivity index (χ0) is 15.0. The molecule has 3 aromatic rings. The number of nitrogens with two attached hydrogens (primary N) is 1. The highest BCUT2D eigenvalue weighted by atomic mass is 35.5. The predicted molar refractivity (Wildman–Crippen MR) is 78.5 cm³/mol. The van der Waals surface area contributed by atoms with Crippen molar-refractivity contribution in [2.45, 2.75) is 24.0 Å². The summed E-state index contributed by atoms with van der Waals surface area (Å²) in [7, 11) is 0. The van der Waals surface area contributed by atoms with Crippen molar-refractivity contribution in [1.29, 1.82) is 0 Å². The molecule has 0 fully saturated rings. The SMILES string of the molecule is Cc1nc(Cl)cc(Sc2nnc(-c3ccoc3C)n2N)n1. The second-order valence-corrected chi connectivity index (χ2v) is 5.62. The van der Waals surface area contributed by atoms with Gasteiger partial charge in [0.15, 0.2) is 5.82 Å². The number of hydrogen-bond acceptors (Lipinski definition) is 7. The highest BCUT2D eigenvalue weighted by molar-refractivity contribution is 7.99. The topological polar surface area (TPSA) is 95.7 Å². The van der Waals surface area contributed by atoms with E-state index in [2.05, 4.69) is 20.2 Å². The summed E-state index contributed by atoms with van der Waals surface area (Å²) in [6.45, 7) is 3.60. The zero-order valence-electron chi connectivity index (χ0n) is 11.2. The molecule has 0 saturated carbocycles. The average molecular weight is 323 g/mol. The van der Waals surface area contributed by atoms with Crippen molar-refractivity contribution >= 4 is 23.4 Å². The molecule has 0 aromatic carbocycles.